The van der Waals surface area contributed by atoms with Crippen molar-refractivity contribution >= 4 is 35.7 Å². The van der Waals surface area contributed by atoms with Crippen LogP contribution in [0.4, 0.5) is 10.5 Å². The van der Waals surface area contributed by atoms with E-state index in [1.54, 1.807) is 0 Å². The summed E-state index contributed by atoms with van der Waals surface area (Å²) in [6.45, 7) is 2.85. The first-order valence-electron chi connectivity index (χ1n) is 12.1. The number of benzene rings is 2. The minimum atomic E-state index is -1.86. The van der Waals surface area contributed by atoms with Crippen molar-refractivity contribution in [2.24, 2.45) is 0 Å². The van der Waals surface area contributed by atoms with Crippen LogP contribution < -0.4 is 9.47 Å². The molecule has 2 aromatic carbocycles. The molecule has 1 fully saturated rings. The third-order valence-corrected chi connectivity index (χ3v) is 5.43. The molecule has 0 bridgehead atoms. The maximum Gasteiger partial charge on any atom is 0.514 e. The Kier molecular flexibility index (Phi) is 10.3. The van der Waals surface area contributed by atoms with Crippen molar-refractivity contribution in [2.75, 3.05) is 0 Å². The van der Waals surface area contributed by atoms with Crippen molar-refractivity contribution < 1.29 is 67.2 Å². The van der Waals surface area contributed by atoms with Gasteiger partial charge in [0, 0.05) is 32.9 Å². The molecule has 1 heterocycles. The van der Waals surface area contributed by atoms with Crippen LogP contribution in [-0.4, -0.2) is 70.8 Å². The summed E-state index contributed by atoms with van der Waals surface area (Å²) >= 11 is 0. The minimum absolute atomic E-state index is 0.0341. The van der Waals surface area contributed by atoms with Gasteiger partial charge in [-0.3, -0.25) is 24.5 Å². The third-order valence-electron chi connectivity index (χ3n) is 5.43. The lowest BCUT2D eigenvalue weighted by molar-refractivity contribution is -0.384. The zero-order valence-corrected chi connectivity index (χ0v) is 22.3. The number of nitro benzene ring substituents is 1. The van der Waals surface area contributed by atoms with Crippen LogP contribution in [0, 0.1) is 10.1 Å². The Morgan fingerprint density at radius 3 is 1.86 bits per heavy atom. The molecule has 0 amide bonds. The van der Waals surface area contributed by atoms with E-state index >= 15 is 0 Å². The smallest absolute Gasteiger partial charge is 0.479 e. The third kappa shape index (κ3) is 8.62. The highest BCUT2D eigenvalue weighted by Crippen LogP contribution is 2.31. The van der Waals surface area contributed by atoms with Gasteiger partial charge in [-0.1, -0.05) is 12.1 Å². The average molecular weight is 591 g/mol. The number of carboxylic acids is 1. The van der Waals surface area contributed by atoms with E-state index in [1.165, 1.54) is 36.4 Å². The topological polar surface area (TPSA) is 213 Å². The Balaban J connectivity index is 1.70. The predicted octanol–water partition coefficient (Wildman–Crippen LogP) is 2.29. The fourth-order valence-electron chi connectivity index (χ4n) is 3.77. The van der Waals surface area contributed by atoms with E-state index in [9.17, 15) is 39.2 Å². The molecule has 1 N–H and O–H groups in total. The zero-order valence-electron chi connectivity index (χ0n) is 22.3. The number of ether oxygens (including phenoxy) is 7. The van der Waals surface area contributed by atoms with Crippen molar-refractivity contribution in [2.45, 2.75) is 58.1 Å². The largest absolute Gasteiger partial charge is 0.514 e. The van der Waals surface area contributed by atoms with E-state index in [0.29, 0.717) is 5.56 Å². The summed E-state index contributed by atoms with van der Waals surface area (Å²) in [4.78, 5) is 69.3. The van der Waals surface area contributed by atoms with Crippen molar-refractivity contribution in [3.63, 3.8) is 0 Å². The standard InChI is InChI=1S/C26H25NO15/c1-13(28)37-20-21(38-14(2)29)23(39-15(3)30)25(42-22(20)24(31)32)40-18-8-4-16(5-9-18)12-36-26(33)41-19-10-6-17(7-11-19)27(34)35/h4-11,20-23,25H,12H2,1-3H3,(H,31,32). The SMILES string of the molecule is CC(=O)OC1C(Oc2ccc(COC(=O)Oc3ccc([N+](=O)[O-])cc3)cc2)OC(C(=O)O)C(OC(C)=O)C1OC(C)=O. The Labute approximate surface area is 237 Å². The Morgan fingerprint density at radius 2 is 1.33 bits per heavy atom. The number of carbonyl (C=O) groups excluding carboxylic acids is 4. The second kappa shape index (κ2) is 13.9. The Bertz CT molecular complexity index is 1320. The molecule has 1 aliphatic rings. The van der Waals surface area contributed by atoms with Crippen LogP contribution in [0.2, 0.25) is 0 Å². The summed E-state index contributed by atoms with van der Waals surface area (Å²) < 4.78 is 36.7. The summed E-state index contributed by atoms with van der Waals surface area (Å²) in [5.41, 5.74) is 0.292. The fraction of sp³-hybridized carbons (Fsp3) is 0.346. The van der Waals surface area contributed by atoms with E-state index in [4.69, 9.17) is 33.2 Å². The number of non-ortho nitro benzene ring substituents is 1. The molecule has 16 nitrogen and oxygen atoms in total. The van der Waals surface area contributed by atoms with Crippen LogP contribution in [0.5, 0.6) is 11.5 Å². The summed E-state index contributed by atoms with van der Waals surface area (Å²) in [5, 5.41) is 20.4. The van der Waals surface area contributed by atoms with Gasteiger partial charge in [0.25, 0.3) is 5.69 Å². The van der Waals surface area contributed by atoms with E-state index in [-0.39, 0.29) is 23.8 Å². The van der Waals surface area contributed by atoms with Gasteiger partial charge in [0.2, 0.25) is 12.4 Å². The molecule has 0 saturated carbocycles. The van der Waals surface area contributed by atoms with Crippen LogP contribution in [0.1, 0.15) is 26.3 Å². The molecular weight excluding hydrogens is 566 g/mol. The van der Waals surface area contributed by atoms with Crippen molar-refractivity contribution in [3.8, 4) is 11.5 Å². The molecule has 0 spiro atoms. The Hall–Kier alpha value is -5.25. The second-order valence-electron chi connectivity index (χ2n) is 8.64. The number of carbonyl (C=O) groups is 5. The van der Waals surface area contributed by atoms with Crippen molar-refractivity contribution in [1.82, 2.24) is 0 Å². The maximum atomic E-state index is 12.0. The van der Waals surface area contributed by atoms with Crippen molar-refractivity contribution in [1.29, 1.82) is 0 Å². The normalized spacial score (nSPS) is 21.3. The Morgan fingerprint density at radius 1 is 0.810 bits per heavy atom. The molecular formula is C26H25NO15. The van der Waals surface area contributed by atoms with Gasteiger partial charge < -0.3 is 38.3 Å². The number of nitrogens with zero attached hydrogens (tertiary/aromatic N) is 1. The first-order chi connectivity index (χ1) is 19.8. The monoisotopic (exact) mass is 591 g/mol. The van der Waals surface area contributed by atoms with Gasteiger partial charge in [0.05, 0.1) is 4.92 Å². The maximum absolute atomic E-state index is 12.0. The van der Waals surface area contributed by atoms with Crippen molar-refractivity contribution in [3.05, 3.63) is 64.2 Å². The molecule has 5 atom stereocenters. The van der Waals surface area contributed by atoms with Gasteiger partial charge in [0.15, 0.2) is 18.3 Å². The lowest BCUT2D eigenvalue weighted by Gasteiger charge is -2.42. The zero-order chi connectivity index (χ0) is 31.0. The number of hydrogen-bond donors (Lipinski definition) is 1. The highest BCUT2D eigenvalue weighted by atomic mass is 16.7. The molecule has 42 heavy (non-hydrogen) atoms. The first-order valence-corrected chi connectivity index (χ1v) is 12.1. The average Bonchev–Trinajstić information content (AvgIpc) is 2.90. The van der Waals surface area contributed by atoms with Gasteiger partial charge in [-0.2, -0.15) is 0 Å². The summed E-state index contributed by atoms with van der Waals surface area (Å²) in [6, 6.07) is 10.6. The highest BCUT2D eigenvalue weighted by molar-refractivity contribution is 5.75. The molecule has 0 radical (unpaired) electrons. The van der Waals surface area contributed by atoms with Gasteiger partial charge in [-0.05, 0) is 29.8 Å². The van der Waals surface area contributed by atoms with Gasteiger partial charge in [-0.25, -0.2) is 9.59 Å². The van der Waals surface area contributed by atoms with E-state index in [1.807, 2.05) is 0 Å². The fourth-order valence-corrected chi connectivity index (χ4v) is 3.77. The molecule has 3 rings (SSSR count). The lowest BCUT2D eigenvalue weighted by atomic mass is 9.97. The molecule has 1 aliphatic heterocycles. The molecule has 16 heteroatoms. The number of nitro groups is 1. The number of esters is 3. The minimum Gasteiger partial charge on any atom is -0.479 e. The van der Waals surface area contributed by atoms with E-state index in [2.05, 4.69) is 0 Å². The van der Waals surface area contributed by atoms with Gasteiger partial charge in [0.1, 0.15) is 18.1 Å². The molecule has 224 valence electrons. The number of aliphatic carboxylic acids is 1. The lowest BCUT2D eigenvalue weighted by Crippen LogP contribution is -2.64. The van der Waals surface area contributed by atoms with Gasteiger partial charge >= 0.3 is 30.0 Å². The van der Waals surface area contributed by atoms with E-state index in [0.717, 1.165) is 32.9 Å². The molecule has 0 aromatic heterocycles. The predicted molar refractivity (Wildman–Crippen MR) is 134 cm³/mol. The van der Waals surface area contributed by atoms with Gasteiger partial charge in [-0.15, -0.1) is 0 Å². The highest BCUT2D eigenvalue weighted by Gasteiger charge is 2.55. The second-order valence-corrected chi connectivity index (χ2v) is 8.64. The van der Waals surface area contributed by atoms with Crippen LogP contribution in [0.25, 0.3) is 0 Å². The number of hydrogen-bond acceptors (Lipinski definition) is 14. The summed E-state index contributed by atoms with van der Waals surface area (Å²) in [5.74, 6) is -4.07. The first kappa shape index (κ1) is 31.3. The van der Waals surface area contributed by atoms with Crippen LogP contribution in [0.3, 0.4) is 0 Å². The van der Waals surface area contributed by atoms with Crippen LogP contribution >= 0.6 is 0 Å². The molecule has 5 unspecified atom stereocenters. The summed E-state index contributed by atoms with van der Waals surface area (Å²) in [7, 11) is 0. The van der Waals surface area contributed by atoms with E-state index < -0.39 is 65.7 Å². The molecule has 1 saturated heterocycles. The quantitative estimate of drug-likeness (QED) is 0.138. The molecule has 2 aromatic rings. The number of rotatable bonds is 10. The van der Waals surface area contributed by atoms with Crippen LogP contribution in [-0.2, 0) is 49.5 Å². The number of carboxylic acid groups (broad SMARTS) is 1. The molecule has 0 aliphatic carbocycles. The van der Waals surface area contributed by atoms with Crippen LogP contribution in [0.15, 0.2) is 48.5 Å². The summed E-state index contributed by atoms with van der Waals surface area (Å²) in [6.07, 6.45) is -9.34.